The van der Waals surface area contributed by atoms with Gasteiger partial charge in [0.05, 0.1) is 5.01 Å². The zero-order chi connectivity index (χ0) is 13.8. The van der Waals surface area contributed by atoms with E-state index in [9.17, 15) is 9.59 Å². The minimum atomic E-state index is -0.994. The molecule has 0 aromatic carbocycles. The van der Waals surface area contributed by atoms with Crippen LogP contribution < -0.4 is 5.73 Å². The quantitative estimate of drug-likeness (QED) is 0.763. The van der Waals surface area contributed by atoms with Gasteiger partial charge in [-0.3, -0.25) is 9.59 Å². The molecule has 0 spiro atoms. The van der Waals surface area contributed by atoms with E-state index in [0.29, 0.717) is 31.1 Å². The molecule has 1 amide bonds. The maximum atomic E-state index is 12.2. The van der Waals surface area contributed by atoms with E-state index in [1.807, 2.05) is 0 Å². The second-order valence-corrected chi connectivity index (χ2v) is 5.63. The van der Waals surface area contributed by atoms with Crippen molar-refractivity contribution >= 4 is 23.2 Å². The van der Waals surface area contributed by atoms with E-state index in [2.05, 4.69) is 4.98 Å². The Bertz CT molecular complexity index is 471. The number of carbonyl (C=O) groups excluding carboxylic acids is 1. The molecule has 0 bridgehead atoms. The minimum Gasteiger partial charge on any atom is -0.480 e. The topological polar surface area (TPSA) is 96.5 Å². The van der Waals surface area contributed by atoms with Crippen LogP contribution in [0.2, 0.25) is 0 Å². The van der Waals surface area contributed by atoms with E-state index < -0.39 is 5.97 Å². The Morgan fingerprint density at radius 3 is 2.84 bits per heavy atom. The molecule has 1 fully saturated rings. The highest BCUT2D eigenvalue weighted by Crippen LogP contribution is 2.30. The first kappa shape index (κ1) is 14.0. The van der Waals surface area contributed by atoms with Crippen molar-refractivity contribution in [1.82, 2.24) is 9.88 Å². The van der Waals surface area contributed by atoms with Crippen LogP contribution in [-0.4, -0.2) is 46.5 Å². The lowest BCUT2D eigenvalue weighted by molar-refractivity contribution is -0.137. The van der Waals surface area contributed by atoms with Crippen molar-refractivity contribution in [3.8, 4) is 0 Å². The average Bonchev–Trinajstić information content (AvgIpc) is 3.04. The van der Waals surface area contributed by atoms with Crippen LogP contribution in [0.15, 0.2) is 5.38 Å². The van der Waals surface area contributed by atoms with Crippen LogP contribution in [0.4, 0.5) is 0 Å². The van der Waals surface area contributed by atoms with Crippen molar-refractivity contribution in [1.29, 1.82) is 0 Å². The number of carboxylic acids is 1. The third kappa shape index (κ3) is 4.00. The van der Waals surface area contributed by atoms with Crippen molar-refractivity contribution in [2.45, 2.75) is 19.3 Å². The van der Waals surface area contributed by atoms with Crippen molar-refractivity contribution < 1.29 is 14.7 Å². The Hall–Kier alpha value is -1.47. The van der Waals surface area contributed by atoms with Gasteiger partial charge in [-0.25, -0.2) is 4.98 Å². The van der Waals surface area contributed by atoms with Gasteiger partial charge in [-0.2, -0.15) is 0 Å². The molecule has 19 heavy (non-hydrogen) atoms. The minimum absolute atomic E-state index is 0.265. The number of hydrogen-bond acceptors (Lipinski definition) is 5. The summed E-state index contributed by atoms with van der Waals surface area (Å²) in [4.78, 5) is 28.7. The second kappa shape index (κ2) is 6.12. The van der Waals surface area contributed by atoms with E-state index in [4.69, 9.17) is 10.8 Å². The molecule has 0 radical (unpaired) electrons. The Morgan fingerprint density at radius 1 is 1.53 bits per heavy atom. The molecule has 1 heterocycles. The fourth-order valence-corrected chi connectivity index (χ4v) is 2.59. The molecule has 1 aromatic heterocycles. The summed E-state index contributed by atoms with van der Waals surface area (Å²) in [5, 5.41) is 11.4. The van der Waals surface area contributed by atoms with E-state index >= 15 is 0 Å². The molecular formula is C12H17N3O3S. The third-order valence-corrected chi connectivity index (χ3v) is 3.83. The van der Waals surface area contributed by atoms with Crippen molar-refractivity contribution in [2.24, 2.45) is 11.7 Å². The second-order valence-electron chi connectivity index (χ2n) is 4.69. The summed E-state index contributed by atoms with van der Waals surface area (Å²) in [6.07, 6.45) is 2.78. The standard InChI is InChI=1S/C12H17N3O3S/c13-4-3-10-14-9(7-19-10)12(18)15(6-11(16)17)5-8-1-2-8/h7-8H,1-6,13H2,(H,16,17). The lowest BCUT2D eigenvalue weighted by atomic mass is 10.3. The lowest BCUT2D eigenvalue weighted by Gasteiger charge is -2.19. The maximum Gasteiger partial charge on any atom is 0.323 e. The molecule has 7 heteroatoms. The molecule has 0 aliphatic heterocycles. The van der Waals surface area contributed by atoms with Gasteiger partial charge in [0.1, 0.15) is 12.2 Å². The molecule has 6 nitrogen and oxygen atoms in total. The molecular weight excluding hydrogens is 266 g/mol. The molecule has 0 atom stereocenters. The molecule has 1 aromatic rings. The van der Waals surface area contributed by atoms with Gasteiger partial charge in [-0.15, -0.1) is 11.3 Å². The van der Waals surface area contributed by atoms with Crippen LogP contribution in [0, 0.1) is 5.92 Å². The molecule has 0 unspecified atom stereocenters. The summed E-state index contributed by atoms with van der Waals surface area (Å²) in [6.45, 7) is 0.732. The summed E-state index contributed by atoms with van der Waals surface area (Å²) in [6, 6.07) is 0. The summed E-state index contributed by atoms with van der Waals surface area (Å²) in [5.41, 5.74) is 5.77. The average molecular weight is 283 g/mol. The Labute approximate surface area is 115 Å². The van der Waals surface area contributed by atoms with Crippen LogP contribution in [0.1, 0.15) is 28.3 Å². The van der Waals surface area contributed by atoms with Crippen LogP contribution in [-0.2, 0) is 11.2 Å². The Balaban J connectivity index is 2.05. The van der Waals surface area contributed by atoms with Gasteiger partial charge >= 0.3 is 5.97 Å². The molecule has 3 N–H and O–H groups in total. The van der Waals surface area contributed by atoms with Crippen molar-refractivity contribution in [3.63, 3.8) is 0 Å². The van der Waals surface area contributed by atoms with Gasteiger partial charge < -0.3 is 15.7 Å². The number of hydrogen-bond donors (Lipinski definition) is 2. The fraction of sp³-hybridized carbons (Fsp3) is 0.583. The highest BCUT2D eigenvalue weighted by atomic mass is 32.1. The predicted octanol–water partition coefficient (Wildman–Crippen LogP) is 0.581. The summed E-state index contributed by atoms with van der Waals surface area (Å²) in [7, 11) is 0. The van der Waals surface area contributed by atoms with Crippen molar-refractivity contribution in [3.05, 3.63) is 16.1 Å². The van der Waals surface area contributed by atoms with Gasteiger partial charge in [0.25, 0.3) is 5.91 Å². The zero-order valence-electron chi connectivity index (χ0n) is 10.5. The number of aromatic nitrogens is 1. The van der Waals surface area contributed by atoms with E-state index in [1.54, 1.807) is 5.38 Å². The molecule has 2 rings (SSSR count). The van der Waals surface area contributed by atoms with Crippen LogP contribution >= 0.6 is 11.3 Å². The number of aliphatic carboxylic acids is 1. The first-order chi connectivity index (χ1) is 9.10. The normalized spacial score (nSPS) is 14.4. The van der Waals surface area contributed by atoms with E-state index in [-0.39, 0.29) is 12.5 Å². The number of carboxylic acid groups (broad SMARTS) is 1. The number of rotatable bonds is 7. The van der Waals surface area contributed by atoms with Crippen LogP contribution in [0.5, 0.6) is 0 Å². The number of carbonyl (C=O) groups is 2. The molecule has 1 aliphatic carbocycles. The Morgan fingerprint density at radius 2 is 2.26 bits per heavy atom. The summed E-state index contributed by atoms with van der Waals surface area (Å²) < 4.78 is 0. The van der Waals surface area contributed by atoms with Crippen molar-refractivity contribution in [2.75, 3.05) is 19.6 Å². The Kier molecular flexibility index (Phi) is 4.49. The highest BCUT2D eigenvalue weighted by molar-refractivity contribution is 7.09. The van der Waals surface area contributed by atoms with Gasteiger partial charge in [0.2, 0.25) is 0 Å². The fourth-order valence-electron chi connectivity index (χ4n) is 1.80. The molecule has 1 aliphatic rings. The summed E-state index contributed by atoms with van der Waals surface area (Å²) >= 11 is 1.39. The number of thiazole rings is 1. The monoisotopic (exact) mass is 283 g/mol. The number of amides is 1. The maximum absolute atomic E-state index is 12.2. The largest absolute Gasteiger partial charge is 0.480 e. The van der Waals surface area contributed by atoms with Crippen LogP contribution in [0.3, 0.4) is 0 Å². The number of nitrogens with zero attached hydrogens (tertiary/aromatic N) is 2. The zero-order valence-corrected chi connectivity index (χ0v) is 11.4. The van der Waals surface area contributed by atoms with E-state index in [0.717, 1.165) is 17.8 Å². The number of nitrogens with two attached hydrogens (primary N) is 1. The SMILES string of the molecule is NCCc1nc(C(=O)N(CC(=O)O)CC2CC2)cs1. The van der Waals surface area contributed by atoms with Gasteiger partial charge in [0, 0.05) is 18.3 Å². The van der Waals surface area contributed by atoms with Gasteiger partial charge in [0.15, 0.2) is 0 Å². The summed E-state index contributed by atoms with van der Waals surface area (Å²) in [5.74, 6) is -0.842. The third-order valence-electron chi connectivity index (χ3n) is 2.92. The molecule has 104 valence electrons. The molecule has 1 saturated carbocycles. The van der Waals surface area contributed by atoms with Crippen LogP contribution in [0.25, 0.3) is 0 Å². The van der Waals surface area contributed by atoms with E-state index in [1.165, 1.54) is 16.2 Å². The van der Waals surface area contributed by atoms with Gasteiger partial charge in [-0.05, 0) is 25.3 Å². The molecule has 0 saturated heterocycles. The van der Waals surface area contributed by atoms with Gasteiger partial charge in [-0.1, -0.05) is 0 Å². The highest BCUT2D eigenvalue weighted by Gasteiger charge is 2.29. The lowest BCUT2D eigenvalue weighted by Crippen LogP contribution is -2.37. The first-order valence-corrected chi connectivity index (χ1v) is 7.13. The smallest absolute Gasteiger partial charge is 0.323 e. The first-order valence-electron chi connectivity index (χ1n) is 6.25. The predicted molar refractivity (Wildman–Crippen MR) is 71.1 cm³/mol.